The number of anilines is 3. The molecule has 3 N–H and O–H groups in total. The molecule has 0 amide bonds. The lowest BCUT2D eigenvalue weighted by molar-refractivity contribution is 0.110. The molecule has 0 aliphatic rings. The number of rotatable bonds is 21. The lowest BCUT2D eigenvalue weighted by atomic mass is 10.2. The summed E-state index contributed by atoms with van der Waals surface area (Å²) in [6.07, 6.45) is 2.68. The summed E-state index contributed by atoms with van der Waals surface area (Å²) < 4.78 is 16.9. The second-order valence-electron chi connectivity index (χ2n) is 9.55. The first-order valence-corrected chi connectivity index (χ1v) is 12.6. The van der Waals surface area contributed by atoms with Gasteiger partial charge in [-0.15, -0.1) is 0 Å². The zero-order valence-corrected chi connectivity index (χ0v) is 21.8. The molecular weight excluding hydrogens is 420 g/mol. The van der Waals surface area contributed by atoms with Crippen molar-refractivity contribution in [1.29, 1.82) is 0 Å². The van der Waals surface area contributed by atoms with Gasteiger partial charge in [0.1, 0.15) is 0 Å². The minimum absolute atomic E-state index is 0.551. The van der Waals surface area contributed by atoms with Crippen molar-refractivity contribution in [2.75, 3.05) is 75.2 Å². The summed E-state index contributed by atoms with van der Waals surface area (Å²) in [7, 11) is 0. The lowest BCUT2D eigenvalue weighted by Crippen LogP contribution is -2.16. The van der Waals surface area contributed by atoms with Crippen LogP contribution < -0.4 is 16.0 Å². The molecule has 0 fully saturated rings. The molecule has 1 heterocycles. The first-order valence-electron chi connectivity index (χ1n) is 12.6. The van der Waals surface area contributed by atoms with Crippen molar-refractivity contribution in [3.8, 4) is 0 Å². The van der Waals surface area contributed by atoms with E-state index < -0.39 is 0 Å². The van der Waals surface area contributed by atoms with Crippen molar-refractivity contribution in [2.45, 2.75) is 60.8 Å². The van der Waals surface area contributed by atoms with Gasteiger partial charge in [-0.3, -0.25) is 0 Å². The number of aromatic nitrogens is 3. The first kappa shape index (κ1) is 29.3. The molecule has 9 heteroatoms. The number of ether oxygens (including phenoxy) is 3. The van der Waals surface area contributed by atoms with E-state index in [9.17, 15) is 0 Å². The van der Waals surface area contributed by atoms with Crippen LogP contribution in [0.1, 0.15) is 60.8 Å². The third kappa shape index (κ3) is 17.4. The predicted molar refractivity (Wildman–Crippen MR) is 136 cm³/mol. The fourth-order valence-electron chi connectivity index (χ4n) is 2.69. The Labute approximate surface area is 201 Å². The van der Waals surface area contributed by atoms with Crippen LogP contribution in [-0.4, -0.2) is 74.2 Å². The second kappa shape index (κ2) is 18.7. The average Bonchev–Trinajstić information content (AvgIpc) is 2.75. The molecule has 0 atom stereocenters. The second-order valence-corrected chi connectivity index (χ2v) is 9.55. The van der Waals surface area contributed by atoms with E-state index in [4.69, 9.17) is 14.2 Å². The molecular formula is C24H48N6O3. The highest BCUT2D eigenvalue weighted by molar-refractivity contribution is 5.42. The monoisotopic (exact) mass is 468 g/mol. The van der Waals surface area contributed by atoms with Crippen LogP contribution in [0.3, 0.4) is 0 Å². The minimum Gasteiger partial charge on any atom is -0.381 e. The van der Waals surface area contributed by atoms with E-state index in [1.807, 2.05) is 0 Å². The van der Waals surface area contributed by atoms with Gasteiger partial charge in [0.05, 0.1) is 0 Å². The molecule has 0 aliphatic heterocycles. The lowest BCUT2D eigenvalue weighted by Gasteiger charge is -2.12. The zero-order valence-electron chi connectivity index (χ0n) is 21.8. The Bertz CT molecular complexity index is 508. The summed E-state index contributed by atoms with van der Waals surface area (Å²) in [6.45, 7) is 19.7. The van der Waals surface area contributed by atoms with Gasteiger partial charge < -0.3 is 30.2 Å². The molecule has 0 bridgehead atoms. The predicted octanol–water partition coefficient (Wildman–Crippen LogP) is 4.30. The normalized spacial score (nSPS) is 11.5. The molecule has 192 valence electrons. The average molecular weight is 469 g/mol. The van der Waals surface area contributed by atoms with Gasteiger partial charge in [-0.25, -0.2) is 0 Å². The van der Waals surface area contributed by atoms with Crippen LogP contribution in [0, 0.1) is 17.8 Å². The van der Waals surface area contributed by atoms with Crippen LogP contribution in [0.4, 0.5) is 17.8 Å². The van der Waals surface area contributed by atoms with E-state index in [1.54, 1.807) is 0 Å². The van der Waals surface area contributed by atoms with Crippen molar-refractivity contribution in [2.24, 2.45) is 17.8 Å². The third-order valence-corrected chi connectivity index (χ3v) is 4.23. The van der Waals surface area contributed by atoms with Crippen LogP contribution in [0.25, 0.3) is 0 Å². The summed E-state index contributed by atoms with van der Waals surface area (Å²) in [5.74, 6) is 3.34. The van der Waals surface area contributed by atoms with E-state index in [2.05, 4.69) is 72.4 Å². The van der Waals surface area contributed by atoms with Crippen LogP contribution in [0.5, 0.6) is 0 Å². The summed E-state index contributed by atoms with van der Waals surface area (Å²) in [5.41, 5.74) is 0. The molecule has 0 radical (unpaired) electrons. The molecule has 1 aromatic heterocycles. The maximum atomic E-state index is 5.64. The number of nitrogens with zero attached hydrogens (tertiary/aromatic N) is 3. The van der Waals surface area contributed by atoms with Gasteiger partial charge in [-0.1, -0.05) is 41.5 Å². The topological polar surface area (TPSA) is 102 Å². The van der Waals surface area contributed by atoms with E-state index in [1.165, 1.54) is 0 Å². The van der Waals surface area contributed by atoms with Crippen molar-refractivity contribution in [1.82, 2.24) is 15.0 Å². The van der Waals surface area contributed by atoms with E-state index in [0.29, 0.717) is 35.6 Å². The van der Waals surface area contributed by atoms with Gasteiger partial charge in [-0.05, 0) is 37.0 Å². The molecule has 0 saturated carbocycles. The van der Waals surface area contributed by atoms with E-state index in [-0.39, 0.29) is 0 Å². The van der Waals surface area contributed by atoms with Gasteiger partial charge in [0.15, 0.2) is 0 Å². The largest absolute Gasteiger partial charge is 0.381 e. The Morgan fingerprint density at radius 1 is 0.515 bits per heavy atom. The van der Waals surface area contributed by atoms with Crippen LogP contribution in [0.15, 0.2) is 0 Å². The van der Waals surface area contributed by atoms with E-state index >= 15 is 0 Å². The van der Waals surface area contributed by atoms with E-state index in [0.717, 1.165) is 78.5 Å². The SMILES string of the molecule is CC(C)COCCCNc1nc(NCCCOCC(C)C)nc(NCCCOCC(C)C)n1. The molecule has 33 heavy (non-hydrogen) atoms. The van der Waals surface area contributed by atoms with Gasteiger partial charge in [0.25, 0.3) is 0 Å². The van der Waals surface area contributed by atoms with Gasteiger partial charge in [0, 0.05) is 59.3 Å². The third-order valence-electron chi connectivity index (χ3n) is 4.23. The Kier molecular flexibility index (Phi) is 16.6. The smallest absolute Gasteiger partial charge is 0.229 e. The van der Waals surface area contributed by atoms with Crippen molar-refractivity contribution < 1.29 is 14.2 Å². The molecule has 9 nitrogen and oxygen atoms in total. The number of hydrogen-bond donors (Lipinski definition) is 3. The Balaban J connectivity index is 2.48. The Morgan fingerprint density at radius 3 is 1.03 bits per heavy atom. The highest BCUT2D eigenvalue weighted by Crippen LogP contribution is 2.10. The summed E-state index contributed by atoms with van der Waals surface area (Å²) in [6, 6.07) is 0. The fraction of sp³-hybridized carbons (Fsp3) is 0.875. The molecule has 0 spiro atoms. The first-order chi connectivity index (χ1) is 15.9. The van der Waals surface area contributed by atoms with Crippen LogP contribution in [-0.2, 0) is 14.2 Å². The van der Waals surface area contributed by atoms with Gasteiger partial charge in [0.2, 0.25) is 17.8 Å². The maximum absolute atomic E-state index is 5.64. The van der Waals surface area contributed by atoms with Crippen LogP contribution in [0.2, 0.25) is 0 Å². The standard InChI is InChI=1S/C24H48N6O3/c1-19(2)16-31-13-7-10-25-22-28-23(26-11-8-14-32-17-20(3)4)30-24(29-22)27-12-9-15-33-18-21(5)6/h19-21H,7-18H2,1-6H3,(H3,25,26,27,28,29,30). The summed E-state index contributed by atoms with van der Waals surface area (Å²) in [5, 5.41) is 9.86. The highest BCUT2D eigenvalue weighted by Gasteiger charge is 2.07. The van der Waals surface area contributed by atoms with Crippen molar-refractivity contribution >= 4 is 17.8 Å². The minimum atomic E-state index is 0.551. The molecule has 0 aliphatic carbocycles. The highest BCUT2D eigenvalue weighted by atomic mass is 16.5. The maximum Gasteiger partial charge on any atom is 0.229 e. The quantitative estimate of drug-likeness (QED) is 0.228. The van der Waals surface area contributed by atoms with Gasteiger partial charge in [-0.2, -0.15) is 15.0 Å². The van der Waals surface area contributed by atoms with Gasteiger partial charge >= 0.3 is 0 Å². The summed E-state index contributed by atoms with van der Waals surface area (Å²) in [4.78, 5) is 13.5. The Morgan fingerprint density at radius 2 is 0.788 bits per heavy atom. The molecule has 0 unspecified atom stereocenters. The fourth-order valence-corrected chi connectivity index (χ4v) is 2.69. The van der Waals surface area contributed by atoms with Crippen molar-refractivity contribution in [3.63, 3.8) is 0 Å². The summed E-state index contributed by atoms with van der Waals surface area (Å²) >= 11 is 0. The van der Waals surface area contributed by atoms with Crippen LogP contribution >= 0.6 is 0 Å². The molecule has 1 rings (SSSR count). The molecule has 0 aromatic carbocycles. The Hall–Kier alpha value is -1.71. The van der Waals surface area contributed by atoms with Crippen molar-refractivity contribution in [3.05, 3.63) is 0 Å². The molecule has 0 saturated heterocycles. The molecule has 1 aromatic rings. The number of hydrogen-bond acceptors (Lipinski definition) is 9. The number of nitrogens with one attached hydrogen (secondary N) is 3. The zero-order chi connectivity index (χ0) is 24.3.